The molecule has 4 aromatic heterocycles. The van der Waals surface area contributed by atoms with Crippen LogP contribution in [0.3, 0.4) is 0 Å². The van der Waals surface area contributed by atoms with Gasteiger partial charge in [0.2, 0.25) is 5.71 Å². The standard InChI is InChI=1S/C23H19N2OS.C13H24O2.Ir/c1-4-6-15-14(3)27-21-11-20(24-12-19(15)21)18-8-5-7-16-17-10-9-13(2)25-23(17)26-22(16)18;1-5-10(6-2)12(14)9-13(15)11(7-3)8-4;/h5,7,9-12H,4,6H2,1-3H3;9-11,14H,5-8H2,1-4H3;/q-1;;/b;12-9-;/i6D2;;. The predicted molar refractivity (Wildman–Crippen MR) is 176 cm³/mol. The molecule has 5 nitrogen and oxygen atoms in total. The monoisotopic (exact) mass is 778 g/mol. The second-order valence-corrected chi connectivity index (χ2v) is 11.9. The van der Waals surface area contributed by atoms with E-state index < -0.39 is 6.37 Å². The van der Waals surface area contributed by atoms with Crippen LogP contribution in [0, 0.1) is 31.7 Å². The van der Waals surface area contributed by atoms with Crippen LogP contribution in [-0.2, 0) is 31.3 Å². The first-order chi connectivity index (χ1) is 21.0. The van der Waals surface area contributed by atoms with Crippen molar-refractivity contribution in [1.29, 1.82) is 0 Å². The Hall–Kier alpha value is -2.86. The van der Waals surface area contributed by atoms with Gasteiger partial charge in [-0.1, -0.05) is 58.1 Å². The molecule has 0 spiro atoms. The Morgan fingerprint density at radius 1 is 1.05 bits per heavy atom. The number of carbonyl (C=O) groups is 1. The topological polar surface area (TPSA) is 76.2 Å². The number of thiophene rings is 1. The molecule has 0 unspecified atom stereocenters. The van der Waals surface area contributed by atoms with E-state index in [0.29, 0.717) is 12.1 Å². The van der Waals surface area contributed by atoms with Crippen molar-refractivity contribution < 1.29 is 37.2 Å². The first-order valence-corrected chi connectivity index (χ1v) is 15.9. The average Bonchev–Trinajstić information content (AvgIpc) is 3.54. The van der Waals surface area contributed by atoms with E-state index in [-0.39, 0.29) is 43.5 Å². The molecule has 0 saturated heterocycles. The number of rotatable bonds is 10. The van der Waals surface area contributed by atoms with Gasteiger partial charge in [0.15, 0.2) is 5.78 Å². The van der Waals surface area contributed by atoms with Crippen molar-refractivity contribution in [1.82, 2.24) is 9.97 Å². The van der Waals surface area contributed by atoms with Crippen LogP contribution in [0.2, 0.25) is 0 Å². The molecule has 0 bridgehead atoms. The Morgan fingerprint density at radius 3 is 2.40 bits per heavy atom. The quantitative estimate of drug-likeness (QED) is 0.0868. The number of hydrogen-bond donors (Lipinski definition) is 1. The van der Waals surface area contributed by atoms with E-state index in [2.05, 4.69) is 16.0 Å². The summed E-state index contributed by atoms with van der Waals surface area (Å²) in [6.45, 7) is 13.9. The zero-order valence-electron chi connectivity index (χ0n) is 28.1. The molecular weight excluding hydrogens is 733 g/mol. The van der Waals surface area contributed by atoms with Crippen molar-refractivity contribution in [3.05, 3.63) is 70.6 Å². The molecule has 1 radical (unpaired) electrons. The number of nitrogens with zero attached hydrogens (tertiary/aromatic N) is 2. The largest absolute Gasteiger partial charge is 0.512 e. The number of fused-ring (bicyclic) bond motifs is 4. The molecule has 1 aromatic carbocycles. The van der Waals surface area contributed by atoms with Crippen LogP contribution in [-0.4, -0.2) is 20.9 Å². The predicted octanol–water partition coefficient (Wildman–Crippen LogP) is 10.5. The summed E-state index contributed by atoms with van der Waals surface area (Å²) in [5.74, 6) is 0.547. The van der Waals surface area contributed by atoms with Gasteiger partial charge in [-0.2, -0.15) is 0 Å². The number of aryl methyl sites for hydroxylation is 3. The summed E-state index contributed by atoms with van der Waals surface area (Å²) in [4.78, 5) is 21.9. The number of ketones is 1. The SMILES string of the molecule is CCC(CC)C(=O)/C=C(\O)C(CC)CC.[2H]C([2H])(CC)c1c(C)sc2cc(-c3[c-]ccc4c3oc3nc(C)ccc34)ncc12.[Ir]. The van der Waals surface area contributed by atoms with E-state index >= 15 is 0 Å². The number of allylic oxidation sites excluding steroid dienone is 2. The zero-order valence-corrected chi connectivity index (χ0v) is 29.3. The summed E-state index contributed by atoms with van der Waals surface area (Å²) in [7, 11) is 0. The van der Waals surface area contributed by atoms with Crippen LogP contribution in [0.1, 0.15) is 85.6 Å². The molecule has 0 aliphatic rings. The molecule has 0 aliphatic carbocycles. The van der Waals surface area contributed by atoms with E-state index in [1.165, 1.54) is 6.08 Å². The second kappa shape index (κ2) is 15.7. The third kappa shape index (κ3) is 7.63. The molecular formula is C36H43IrN2O3S-. The minimum atomic E-state index is -1.36. The third-order valence-electron chi connectivity index (χ3n) is 7.88. The molecule has 43 heavy (non-hydrogen) atoms. The van der Waals surface area contributed by atoms with Gasteiger partial charge in [-0.15, -0.1) is 29.5 Å². The fourth-order valence-electron chi connectivity index (χ4n) is 5.33. The van der Waals surface area contributed by atoms with E-state index in [9.17, 15) is 9.90 Å². The number of aliphatic hydroxyl groups excluding tert-OH is 1. The number of aromatic nitrogens is 2. The molecule has 0 saturated carbocycles. The summed E-state index contributed by atoms with van der Waals surface area (Å²) in [6.07, 6.45) is 5.76. The third-order valence-corrected chi connectivity index (χ3v) is 8.95. The van der Waals surface area contributed by atoms with Crippen molar-refractivity contribution in [3.8, 4) is 11.3 Å². The Kier molecular flexibility index (Phi) is 11.6. The van der Waals surface area contributed by atoms with Gasteiger partial charge in [0, 0.05) is 73.0 Å². The molecule has 5 rings (SSSR count). The van der Waals surface area contributed by atoms with Gasteiger partial charge in [-0.25, -0.2) is 4.98 Å². The second-order valence-electron chi connectivity index (χ2n) is 10.6. The van der Waals surface area contributed by atoms with Crippen LogP contribution < -0.4 is 0 Å². The fraction of sp³-hybridized carbons (Fsp3) is 0.417. The van der Waals surface area contributed by atoms with E-state index in [1.54, 1.807) is 17.5 Å². The van der Waals surface area contributed by atoms with Gasteiger partial charge in [-0.05, 0) is 69.3 Å². The van der Waals surface area contributed by atoms with Gasteiger partial charge in [0.05, 0.1) is 11.3 Å². The summed E-state index contributed by atoms with van der Waals surface area (Å²) >= 11 is 1.61. The molecule has 0 atom stereocenters. The van der Waals surface area contributed by atoms with Gasteiger partial charge >= 0.3 is 0 Å². The summed E-state index contributed by atoms with van der Waals surface area (Å²) in [5.41, 5.74) is 4.57. The molecule has 7 heteroatoms. The molecule has 1 N–H and O–H groups in total. The van der Waals surface area contributed by atoms with Crippen LogP contribution >= 0.6 is 11.3 Å². The van der Waals surface area contributed by atoms with E-state index in [4.69, 9.17) is 7.16 Å². The molecule has 4 heterocycles. The maximum atomic E-state index is 11.7. The van der Waals surface area contributed by atoms with Crippen molar-refractivity contribution in [3.63, 3.8) is 0 Å². The minimum Gasteiger partial charge on any atom is -0.512 e. The molecule has 231 valence electrons. The van der Waals surface area contributed by atoms with Gasteiger partial charge in [0.25, 0.3) is 0 Å². The average molecular weight is 778 g/mol. The molecule has 0 fully saturated rings. The summed E-state index contributed by atoms with van der Waals surface area (Å²) < 4.78 is 23.9. The molecule has 0 amide bonds. The first kappa shape index (κ1) is 31.6. The van der Waals surface area contributed by atoms with Crippen LogP contribution in [0.5, 0.6) is 0 Å². The normalized spacial score (nSPS) is 12.8. The van der Waals surface area contributed by atoms with Crippen molar-refractivity contribution in [2.24, 2.45) is 11.8 Å². The van der Waals surface area contributed by atoms with E-state index in [1.807, 2.05) is 78.8 Å². The number of pyridine rings is 2. The van der Waals surface area contributed by atoms with Crippen LogP contribution in [0.15, 0.2) is 52.8 Å². The number of aliphatic hydroxyl groups is 1. The molecule has 5 aromatic rings. The van der Waals surface area contributed by atoms with E-state index in [0.717, 1.165) is 79.5 Å². The minimum absolute atomic E-state index is 0. The molecule has 0 aliphatic heterocycles. The Balaban J connectivity index is 0.000000297. The van der Waals surface area contributed by atoms with Gasteiger partial charge in [0.1, 0.15) is 0 Å². The number of furan rings is 1. The van der Waals surface area contributed by atoms with Gasteiger partial charge < -0.3 is 14.5 Å². The Morgan fingerprint density at radius 2 is 1.74 bits per heavy atom. The Labute approximate surface area is 276 Å². The summed E-state index contributed by atoms with van der Waals surface area (Å²) in [5, 5.41) is 12.6. The van der Waals surface area contributed by atoms with Crippen molar-refractivity contribution in [2.45, 2.75) is 86.9 Å². The first-order valence-electron chi connectivity index (χ1n) is 16.0. The maximum Gasteiger partial charge on any atom is 0.216 e. The van der Waals surface area contributed by atoms with Crippen LogP contribution in [0.25, 0.3) is 43.4 Å². The number of hydrogen-bond acceptors (Lipinski definition) is 6. The number of carbonyl (C=O) groups excluding carboxylic acids is 1. The fourth-order valence-corrected chi connectivity index (χ4v) is 6.38. The van der Waals surface area contributed by atoms with Crippen LogP contribution in [0.4, 0.5) is 0 Å². The Bertz CT molecular complexity index is 1800. The van der Waals surface area contributed by atoms with Crippen molar-refractivity contribution in [2.75, 3.05) is 0 Å². The number of benzene rings is 1. The van der Waals surface area contributed by atoms with Gasteiger partial charge in [-0.3, -0.25) is 4.79 Å². The zero-order chi connectivity index (χ0) is 32.2. The maximum absolute atomic E-state index is 11.7. The summed E-state index contributed by atoms with van der Waals surface area (Å²) in [6, 6.07) is 13.2. The smallest absolute Gasteiger partial charge is 0.216 e. The van der Waals surface area contributed by atoms with Crippen molar-refractivity contribution >= 4 is 49.3 Å².